The first-order valence-corrected chi connectivity index (χ1v) is 9.66. The van der Waals surface area contributed by atoms with Crippen LogP contribution in [0.25, 0.3) is 0 Å². The number of hydrogen-bond donors (Lipinski definition) is 2. The number of hydrogen-bond acceptors (Lipinski definition) is 5. The molecule has 3 aromatic rings. The second kappa shape index (κ2) is 7.82. The molecular weight excluding hydrogens is 421 g/mol. The van der Waals surface area contributed by atoms with Gasteiger partial charge >= 0.3 is 12.2 Å². The zero-order valence-corrected chi connectivity index (χ0v) is 16.1. The Balaban J connectivity index is 1.41. The van der Waals surface area contributed by atoms with Gasteiger partial charge in [0, 0.05) is 23.5 Å². The maximum absolute atomic E-state index is 12.8. The Morgan fingerprint density at radius 1 is 1.20 bits per heavy atom. The van der Waals surface area contributed by atoms with Crippen molar-refractivity contribution in [2.24, 2.45) is 0 Å². The molecule has 1 aromatic carbocycles. The van der Waals surface area contributed by atoms with E-state index in [1.54, 1.807) is 0 Å². The number of thiazole rings is 1. The van der Waals surface area contributed by atoms with E-state index in [2.05, 4.69) is 15.6 Å². The molecular formula is C19H15F3N4O3S. The smallest absolute Gasteiger partial charge is 0.416 e. The van der Waals surface area contributed by atoms with Gasteiger partial charge in [0.15, 0.2) is 5.13 Å². The predicted octanol–water partition coefficient (Wildman–Crippen LogP) is 4.60. The molecule has 0 saturated carbocycles. The summed E-state index contributed by atoms with van der Waals surface area (Å²) in [5.74, 6) is -0.353. The topological polar surface area (TPSA) is 87.5 Å². The van der Waals surface area contributed by atoms with Crippen LogP contribution in [-0.4, -0.2) is 28.4 Å². The van der Waals surface area contributed by atoms with Crippen LogP contribution in [-0.2, 0) is 19.1 Å². The molecule has 156 valence electrons. The van der Waals surface area contributed by atoms with Gasteiger partial charge in [0.1, 0.15) is 6.26 Å². The molecule has 1 aliphatic rings. The summed E-state index contributed by atoms with van der Waals surface area (Å²) in [7, 11) is 0. The largest absolute Gasteiger partial charge is 0.472 e. The number of benzene rings is 1. The van der Waals surface area contributed by atoms with Crippen LogP contribution in [0.5, 0.6) is 0 Å². The van der Waals surface area contributed by atoms with Crippen LogP contribution in [0.3, 0.4) is 0 Å². The van der Waals surface area contributed by atoms with Crippen LogP contribution in [0.15, 0.2) is 47.3 Å². The predicted molar refractivity (Wildman–Crippen MR) is 103 cm³/mol. The van der Waals surface area contributed by atoms with E-state index in [0.29, 0.717) is 23.7 Å². The number of halogens is 3. The van der Waals surface area contributed by atoms with Crippen molar-refractivity contribution in [3.8, 4) is 0 Å². The standard InChI is InChI=1S/C19H15F3N4O3S/c20-19(21,22)12-2-1-3-13(8-12)23-18(28)26-6-4-14-15(9-26)30-17(24-14)25-16(27)11-5-7-29-10-11/h1-3,5,7-8,10H,4,6,9H2,(H,23,28)(H,24,25,27). The van der Waals surface area contributed by atoms with Crippen LogP contribution in [0.1, 0.15) is 26.5 Å². The third-order valence-electron chi connectivity index (χ3n) is 4.46. The molecule has 0 bridgehead atoms. The summed E-state index contributed by atoms with van der Waals surface area (Å²) in [5, 5.41) is 5.60. The average molecular weight is 436 g/mol. The number of carbonyl (C=O) groups is 2. The van der Waals surface area contributed by atoms with Gasteiger partial charge in [-0.1, -0.05) is 17.4 Å². The summed E-state index contributed by atoms with van der Waals surface area (Å²) in [6.07, 6.45) is -1.30. The number of urea groups is 1. The minimum Gasteiger partial charge on any atom is -0.472 e. The number of alkyl halides is 3. The van der Waals surface area contributed by atoms with Crippen molar-refractivity contribution in [2.75, 3.05) is 17.2 Å². The van der Waals surface area contributed by atoms with Crippen molar-refractivity contribution >= 4 is 34.1 Å². The lowest BCUT2D eigenvalue weighted by atomic mass is 10.2. The Labute approximate surface area is 172 Å². The summed E-state index contributed by atoms with van der Waals surface area (Å²) in [4.78, 5) is 31.3. The zero-order chi connectivity index (χ0) is 21.3. The summed E-state index contributed by atoms with van der Waals surface area (Å²) >= 11 is 1.25. The Hall–Kier alpha value is -3.34. The number of furan rings is 1. The summed E-state index contributed by atoms with van der Waals surface area (Å²) in [6, 6.07) is 5.51. The molecule has 30 heavy (non-hydrogen) atoms. The molecule has 0 fully saturated rings. The highest BCUT2D eigenvalue weighted by molar-refractivity contribution is 7.15. The van der Waals surface area contributed by atoms with Gasteiger partial charge in [-0.3, -0.25) is 10.1 Å². The van der Waals surface area contributed by atoms with Crippen LogP contribution >= 0.6 is 11.3 Å². The molecule has 2 aromatic heterocycles. The van der Waals surface area contributed by atoms with Gasteiger partial charge in [-0.15, -0.1) is 0 Å². The fourth-order valence-corrected chi connectivity index (χ4v) is 3.98. The molecule has 1 aliphatic heterocycles. The molecule has 0 spiro atoms. The molecule has 0 saturated heterocycles. The molecule has 0 radical (unpaired) electrons. The van der Waals surface area contributed by atoms with Crippen LogP contribution in [0, 0.1) is 0 Å². The fraction of sp³-hybridized carbons (Fsp3) is 0.211. The van der Waals surface area contributed by atoms with Crippen molar-refractivity contribution in [2.45, 2.75) is 19.1 Å². The fourth-order valence-electron chi connectivity index (χ4n) is 2.96. The van der Waals surface area contributed by atoms with Crippen LogP contribution in [0.4, 0.5) is 28.8 Å². The zero-order valence-electron chi connectivity index (χ0n) is 15.3. The van der Waals surface area contributed by atoms with E-state index < -0.39 is 17.8 Å². The first kappa shape index (κ1) is 20.0. The Morgan fingerprint density at radius 2 is 2.03 bits per heavy atom. The highest BCUT2D eigenvalue weighted by Crippen LogP contribution is 2.31. The van der Waals surface area contributed by atoms with E-state index in [0.717, 1.165) is 22.7 Å². The molecule has 0 atom stereocenters. The van der Waals surface area contributed by atoms with Crippen molar-refractivity contribution in [1.29, 1.82) is 0 Å². The first-order chi connectivity index (χ1) is 14.3. The Kier molecular flexibility index (Phi) is 5.20. The summed E-state index contributed by atoms with van der Waals surface area (Å²) < 4.78 is 43.4. The van der Waals surface area contributed by atoms with E-state index in [-0.39, 0.29) is 18.1 Å². The van der Waals surface area contributed by atoms with Crippen molar-refractivity contribution in [3.63, 3.8) is 0 Å². The number of anilines is 2. The van der Waals surface area contributed by atoms with Gasteiger partial charge in [0.25, 0.3) is 5.91 Å². The van der Waals surface area contributed by atoms with Gasteiger partial charge in [-0.05, 0) is 24.3 Å². The third-order valence-corrected chi connectivity index (χ3v) is 5.46. The normalized spacial score (nSPS) is 13.6. The second-order valence-corrected chi connectivity index (χ2v) is 7.62. The highest BCUT2D eigenvalue weighted by atomic mass is 32.1. The molecule has 4 rings (SSSR count). The number of aromatic nitrogens is 1. The monoisotopic (exact) mass is 436 g/mol. The lowest BCUT2D eigenvalue weighted by Gasteiger charge is -2.26. The number of amides is 3. The molecule has 11 heteroatoms. The number of fused-ring (bicyclic) bond motifs is 1. The van der Waals surface area contributed by atoms with Gasteiger partial charge in [0.05, 0.1) is 29.6 Å². The maximum Gasteiger partial charge on any atom is 0.416 e. The Bertz CT molecular complexity index is 1080. The quantitative estimate of drug-likeness (QED) is 0.628. The average Bonchev–Trinajstić information content (AvgIpc) is 3.36. The number of nitrogens with one attached hydrogen (secondary N) is 2. The SMILES string of the molecule is O=C(Nc1nc2c(s1)CN(C(=O)Nc1cccc(C(F)(F)F)c1)CC2)c1ccoc1. The highest BCUT2D eigenvalue weighted by Gasteiger charge is 2.31. The van der Waals surface area contributed by atoms with E-state index in [1.807, 2.05) is 0 Å². The molecule has 2 N–H and O–H groups in total. The Morgan fingerprint density at radius 3 is 2.77 bits per heavy atom. The van der Waals surface area contributed by atoms with Gasteiger partial charge < -0.3 is 14.6 Å². The molecule has 3 amide bonds. The number of rotatable bonds is 3. The van der Waals surface area contributed by atoms with Gasteiger partial charge in [-0.2, -0.15) is 13.2 Å². The second-order valence-electron chi connectivity index (χ2n) is 6.54. The van der Waals surface area contributed by atoms with Gasteiger partial charge in [0.2, 0.25) is 0 Å². The van der Waals surface area contributed by atoms with E-state index >= 15 is 0 Å². The summed E-state index contributed by atoms with van der Waals surface area (Å²) in [6.45, 7) is 0.607. The van der Waals surface area contributed by atoms with Crippen LogP contribution < -0.4 is 10.6 Å². The lowest BCUT2D eigenvalue weighted by molar-refractivity contribution is -0.137. The van der Waals surface area contributed by atoms with Crippen molar-refractivity contribution < 1.29 is 27.2 Å². The maximum atomic E-state index is 12.8. The molecule has 7 nitrogen and oxygen atoms in total. The number of carbonyl (C=O) groups excluding carboxylic acids is 2. The molecule has 3 heterocycles. The van der Waals surface area contributed by atoms with E-state index in [4.69, 9.17) is 4.42 Å². The van der Waals surface area contributed by atoms with Crippen molar-refractivity contribution in [3.05, 3.63) is 64.6 Å². The minimum absolute atomic E-state index is 0.0676. The molecule has 0 unspecified atom stereocenters. The van der Waals surface area contributed by atoms with Crippen molar-refractivity contribution in [1.82, 2.24) is 9.88 Å². The lowest BCUT2D eigenvalue weighted by Crippen LogP contribution is -2.38. The minimum atomic E-state index is -4.49. The van der Waals surface area contributed by atoms with Crippen LogP contribution in [0.2, 0.25) is 0 Å². The first-order valence-electron chi connectivity index (χ1n) is 8.85. The van der Waals surface area contributed by atoms with E-state index in [9.17, 15) is 22.8 Å². The number of nitrogens with zero attached hydrogens (tertiary/aromatic N) is 2. The molecule has 0 aliphatic carbocycles. The summed E-state index contributed by atoms with van der Waals surface area (Å²) in [5.41, 5.74) is 0.385. The third kappa shape index (κ3) is 4.30. The van der Waals surface area contributed by atoms with E-state index in [1.165, 1.54) is 47.0 Å². The van der Waals surface area contributed by atoms with Gasteiger partial charge in [-0.25, -0.2) is 9.78 Å².